The second-order valence-corrected chi connectivity index (χ2v) is 16.4. The molecule has 10 heteroatoms. The van der Waals surface area contributed by atoms with Crippen LogP contribution < -0.4 is 25.8 Å². The van der Waals surface area contributed by atoms with Crippen LogP contribution in [0.2, 0.25) is 0 Å². The van der Waals surface area contributed by atoms with Crippen molar-refractivity contribution in [1.29, 1.82) is 5.41 Å². The Labute approximate surface area is 335 Å². The fourth-order valence-corrected chi connectivity index (χ4v) is 9.76. The zero-order valence-corrected chi connectivity index (χ0v) is 32.6. The van der Waals surface area contributed by atoms with Crippen LogP contribution in [0.4, 0.5) is 20.2 Å². The van der Waals surface area contributed by atoms with E-state index in [1.165, 1.54) is 18.4 Å². The summed E-state index contributed by atoms with van der Waals surface area (Å²) in [6, 6.07) is 30.9. The van der Waals surface area contributed by atoms with Crippen LogP contribution in [0.1, 0.15) is 103 Å². The monoisotopic (exact) mass is 768 g/mol. The van der Waals surface area contributed by atoms with E-state index >= 15 is 8.78 Å². The van der Waals surface area contributed by atoms with Gasteiger partial charge in [0.15, 0.2) is 11.6 Å². The molecule has 8 nitrogen and oxygen atoms in total. The number of hydrogen-bond donors (Lipinski definition) is 5. The van der Waals surface area contributed by atoms with E-state index < -0.39 is 11.6 Å². The summed E-state index contributed by atoms with van der Waals surface area (Å²) in [5.41, 5.74) is 7.57. The third kappa shape index (κ3) is 8.13. The second kappa shape index (κ2) is 16.9. The molecule has 4 atom stereocenters. The molecular weight excluding hydrogens is 715 g/mol. The Bertz CT molecular complexity index is 2090. The molecule has 4 fully saturated rings. The van der Waals surface area contributed by atoms with Crippen LogP contribution in [0.5, 0.6) is 0 Å². The van der Waals surface area contributed by atoms with E-state index in [0.29, 0.717) is 43.0 Å². The molecular formula is C47H54F2N8. The normalized spacial score (nSPS) is 22.8. The fraction of sp³-hybridized carbons (Fsp3) is 0.404. The van der Waals surface area contributed by atoms with E-state index in [4.69, 9.17) is 5.41 Å². The van der Waals surface area contributed by atoms with Gasteiger partial charge in [0.2, 0.25) is 0 Å². The molecule has 5 aromatic rings. The van der Waals surface area contributed by atoms with Crippen molar-refractivity contribution in [2.75, 3.05) is 49.1 Å². The third-order valence-electron chi connectivity index (χ3n) is 12.9. The predicted molar refractivity (Wildman–Crippen MR) is 225 cm³/mol. The average Bonchev–Trinajstić information content (AvgIpc) is 4.10. The molecule has 1 aromatic heterocycles. The highest BCUT2D eigenvalue weighted by Gasteiger charge is 2.37. The molecule has 5 heterocycles. The quantitative estimate of drug-likeness (QED) is 0.0815. The van der Waals surface area contributed by atoms with Gasteiger partial charge in [0.1, 0.15) is 11.5 Å². The maximum atomic E-state index is 16.4. The lowest BCUT2D eigenvalue weighted by Crippen LogP contribution is -2.36. The molecule has 0 aliphatic carbocycles. The largest absolute Gasteiger partial charge is 0.367 e. The van der Waals surface area contributed by atoms with Gasteiger partial charge in [-0.25, -0.2) is 13.8 Å². The molecule has 4 aliphatic heterocycles. The molecule has 0 spiro atoms. The summed E-state index contributed by atoms with van der Waals surface area (Å²) < 4.78 is 32.7. The molecule has 4 unspecified atom stereocenters. The van der Waals surface area contributed by atoms with Gasteiger partial charge in [-0.3, -0.25) is 0 Å². The summed E-state index contributed by atoms with van der Waals surface area (Å²) >= 11 is 0. The first-order chi connectivity index (χ1) is 28.0. The molecule has 0 radical (unpaired) electrons. The molecule has 9 rings (SSSR count). The molecule has 5 N–H and O–H groups in total. The number of aromatic amines is 1. The fourth-order valence-electron chi connectivity index (χ4n) is 9.76. The topological polar surface area (TPSA) is 95.1 Å². The first-order valence-electron chi connectivity index (χ1n) is 21.1. The van der Waals surface area contributed by atoms with Crippen molar-refractivity contribution in [2.45, 2.75) is 81.5 Å². The van der Waals surface area contributed by atoms with Crippen LogP contribution in [0, 0.1) is 17.0 Å². The predicted octanol–water partition coefficient (Wildman–Crippen LogP) is 8.96. The number of rotatable bonds is 12. The Kier molecular flexibility index (Phi) is 11.2. The van der Waals surface area contributed by atoms with E-state index in [2.05, 4.69) is 91.5 Å². The summed E-state index contributed by atoms with van der Waals surface area (Å²) in [6.07, 6.45) is 9.90. The lowest BCUT2D eigenvalue weighted by Gasteiger charge is -2.36. The first-order valence-corrected chi connectivity index (χ1v) is 21.1. The molecule has 57 heavy (non-hydrogen) atoms. The third-order valence-corrected chi connectivity index (χ3v) is 12.9. The van der Waals surface area contributed by atoms with Gasteiger partial charge in [-0.1, -0.05) is 78.9 Å². The Morgan fingerprint density at radius 3 is 2.07 bits per heavy atom. The van der Waals surface area contributed by atoms with E-state index in [1.807, 2.05) is 29.3 Å². The van der Waals surface area contributed by atoms with Crippen LogP contribution in [0.15, 0.2) is 97.2 Å². The van der Waals surface area contributed by atoms with Crippen molar-refractivity contribution in [3.8, 4) is 11.3 Å². The van der Waals surface area contributed by atoms with E-state index in [0.717, 1.165) is 91.9 Å². The van der Waals surface area contributed by atoms with Crippen LogP contribution in [-0.2, 0) is 0 Å². The van der Waals surface area contributed by atoms with E-state index in [-0.39, 0.29) is 23.8 Å². The van der Waals surface area contributed by atoms with E-state index in [1.54, 1.807) is 12.1 Å². The van der Waals surface area contributed by atoms with Crippen LogP contribution in [0.3, 0.4) is 0 Å². The summed E-state index contributed by atoms with van der Waals surface area (Å²) in [7, 11) is 0. The highest BCUT2D eigenvalue weighted by Crippen LogP contribution is 2.48. The summed E-state index contributed by atoms with van der Waals surface area (Å²) in [6.45, 7) is 4.67. The molecule has 296 valence electrons. The lowest BCUT2D eigenvalue weighted by molar-refractivity contribution is 0.486. The number of halogens is 2. The van der Waals surface area contributed by atoms with E-state index in [9.17, 15) is 0 Å². The van der Waals surface area contributed by atoms with Gasteiger partial charge in [-0.2, -0.15) is 0 Å². The van der Waals surface area contributed by atoms with Gasteiger partial charge in [-0.05, 0) is 110 Å². The van der Waals surface area contributed by atoms with Crippen LogP contribution in [-0.4, -0.2) is 61.0 Å². The van der Waals surface area contributed by atoms with Gasteiger partial charge in [0.25, 0.3) is 0 Å². The number of anilines is 2. The van der Waals surface area contributed by atoms with Crippen molar-refractivity contribution in [2.24, 2.45) is 0 Å². The highest BCUT2D eigenvalue weighted by molar-refractivity contribution is 5.99. The number of nitrogens with zero attached hydrogens (tertiary/aromatic N) is 3. The number of piperidine rings is 1. The number of benzene rings is 4. The smallest absolute Gasteiger partial charge is 0.151 e. The van der Waals surface area contributed by atoms with Gasteiger partial charge >= 0.3 is 0 Å². The Morgan fingerprint density at radius 1 is 0.754 bits per heavy atom. The van der Waals surface area contributed by atoms with Crippen LogP contribution in [0.25, 0.3) is 11.3 Å². The molecule has 0 saturated carbocycles. The Hall–Kier alpha value is -4.90. The molecule has 4 aromatic carbocycles. The molecule has 4 aliphatic rings. The van der Waals surface area contributed by atoms with Crippen molar-refractivity contribution in [3.63, 3.8) is 0 Å². The first kappa shape index (κ1) is 37.7. The average molecular weight is 769 g/mol. The molecule has 0 amide bonds. The number of hydrogen-bond acceptors (Lipinski definition) is 7. The molecule has 0 bridgehead atoms. The minimum Gasteiger partial charge on any atom is -0.367 e. The van der Waals surface area contributed by atoms with Gasteiger partial charge < -0.3 is 36.1 Å². The SMILES string of the molecule is N=C(CNCC1CCCN1)c1ccc(C2CCC(c3ccc(-c4cnc(C5CCCN5)[nH]4)cc3)N2c2cc(F)c(N3CCC(c4ccccc4)CC3)c(F)c2)cc1. The molecule has 4 saturated heterocycles. The number of imidazole rings is 1. The van der Waals surface area contributed by atoms with Crippen molar-refractivity contribution >= 4 is 17.1 Å². The Balaban J connectivity index is 0.967. The standard InChI is InChI=1S/C47H54F2N8/c48-39-26-38(27-40(49)46(39)56-24-20-32(21-25-56)31-6-2-1-3-7-31)57-44(35-14-10-33(11-15-35)41(50)29-51-28-37-8-4-22-52-37)18-19-45(57)36-16-12-34(13-17-36)43-30-54-47(55-43)42-9-5-23-53-42/h1-3,6-7,10-17,26-27,30,32,37,42,44-45,50-53H,4-5,8-9,18-25,28-29H2,(H,54,55). The zero-order chi connectivity index (χ0) is 38.7. The minimum atomic E-state index is -0.515. The number of H-pyrrole nitrogens is 1. The highest BCUT2D eigenvalue weighted by atomic mass is 19.1. The summed E-state index contributed by atoms with van der Waals surface area (Å²) in [4.78, 5) is 12.3. The Morgan fingerprint density at radius 2 is 1.42 bits per heavy atom. The summed E-state index contributed by atoms with van der Waals surface area (Å²) in [5.74, 6) is 0.339. The number of nitrogens with one attached hydrogen (secondary N) is 5. The lowest BCUT2D eigenvalue weighted by atomic mass is 9.89. The van der Waals surface area contributed by atoms with Gasteiger partial charge in [0, 0.05) is 37.9 Å². The van der Waals surface area contributed by atoms with Crippen LogP contribution >= 0.6 is 0 Å². The van der Waals surface area contributed by atoms with Gasteiger partial charge in [-0.15, -0.1) is 0 Å². The van der Waals surface area contributed by atoms with Gasteiger partial charge in [0.05, 0.1) is 35.7 Å². The maximum absolute atomic E-state index is 16.4. The zero-order valence-electron chi connectivity index (χ0n) is 32.6. The van der Waals surface area contributed by atoms with Crippen molar-refractivity contribution in [3.05, 3.63) is 137 Å². The minimum absolute atomic E-state index is 0.0776. The van der Waals surface area contributed by atoms with Crippen molar-refractivity contribution < 1.29 is 8.78 Å². The van der Waals surface area contributed by atoms with Crippen molar-refractivity contribution in [1.82, 2.24) is 25.9 Å². The second-order valence-electron chi connectivity index (χ2n) is 16.4. The maximum Gasteiger partial charge on any atom is 0.151 e. The number of aromatic nitrogens is 2. The summed E-state index contributed by atoms with van der Waals surface area (Å²) in [5, 5.41) is 19.2.